The maximum Gasteiger partial charge on any atom is 0.234 e. The largest absolute Gasteiger partial charge is 0.397 e. The van der Waals surface area contributed by atoms with E-state index >= 15 is 0 Å². The molecule has 14 rings (SSSR count). The van der Waals surface area contributed by atoms with Crippen LogP contribution in [0.2, 0.25) is 0 Å². The number of carbonyl (C=O) groups excluding carboxylic acids is 2. The number of rotatable bonds is 0. The molecule has 3 aliphatic rings. The molecule has 488 valence electrons. The van der Waals surface area contributed by atoms with E-state index in [-0.39, 0.29) is 11.6 Å². The third-order valence-electron chi connectivity index (χ3n) is 11.6. The van der Waals surface area contributed by atoms with Crippen LogP contribution in [-0.2, 0) is 0 Å². The Morgan fingerprint density at radius 2 is 0.378 bits per heavy atom. The fourth-order valence-electron chi connectivity index (χ4n) is 8.70. The Balaban J connectivity index is -0.000000496. The van der Waals surface area contributed by atoms with Gasteiger partial charge in [-0.1, -0.05) is 339 Å². The van der Waals surface area contributed by atoms with Gasteiger partial charge >= 0.3 is 0 Å². The lowest BCUT2D eigenvalue weighted by molar-refractivity contribution is 0.0825. The van der Waals surface area contributed by atoms with Gasteiger partial charge in [0.1, 0.15) is 0 Å². The van der Waals surface area contributed by atoms with Crippen LogP contribution in [0.5, 0.6) is 0 Å². The van der Waals surface area contributed by atoms with Crippen molar-refractivity contribution in [3.8, 4) is 45.0 Å². The van der Waals surface area contributed by atoms with Crippen molar-refractivity contribution < 1.29 is 9.59 Å². The number of hydrogen-bond acceptors (Lipinski definition) is 8. The van der Waals surface area contributed by atoms with E-state index < -0.39 is 0 Å². The van der Waals surface area contributed by atoms with Crippen molar-refractivity contribution in [1.29, 1.82) is 0 Å². The van der Waals surface area contributed by atoms with E-state index in [0.717, 1.165) is 55.6 Å². The van der Waals surface area contributed by atoms with Crippen molar-refractivity contribution in [2.75, 3.05) is 11.5 Å². The van der Waals surface area contributed by atoms with Gasteiger partial charge in [0.15, 0.2) is 0 Å². The monoisotopic (exact) mass is 1220 g/mol. The molecule has 0 saturated heterocycles. The van der Waals surface area contributed by atoms with Crippen LogP contribution in [0.25, 0.3) is 99.4 Å². The summed E-state index contributed by atoms with van der Waals surface area (Å²) >= 11 is 0. The number of Topliss-reactive ketones (excluding diaryl/α,β-unsaturated/α-hetero) is 2. The molecule has 4 N–H and O–H groups in total. The zero-order valence-electron chi connectivity index (χ0n) is 61.1. The molecule has 90 heavy (non-hydrogen) atoms. The Kier molecular flexibility index (Phi) is 52.1. The molecule has 3 aliphatic carbocycles. The Hall–Kier alpha value is -8.62. The van der Waals surface area contributed by atoms with E-state index in [4.69, 9.17) is 31.4 Å². The molecule has 0 spiro atoms. The average Bonchev–Trinajstić information content (AvgIpc) is 1.99. The van der Waals surface area contributed by atoms with Gasteiger partial charge < -0.3 is 11.5 Å². The normalized spacial score (nSPS) is 9.24. The summed E-state index contributed by atoms with van der Waals surface area (Å²) in [7, 11) is 0. The molecule has 8 heteroatoms. The zero-order valence-corrected chi connectivity index (χ0v) is 61.1. The second-order valence-electron chi connectivity index (χ2n) is 15.2. The standard InChI is InChI=1S/2C18H10N2.C12H6O2.C6H8N2.14C2H6/c2*1-2-10-15-14(9-1)19-17-12-7-3-5-11-6-4-8-13(16(11)12)18(17)20-15;13-11-8-5-1-3-7-4-2-6-9(10(7)8)12(11)14;7-5-3-1-2-4-6(5)8;14*1-2/h2*1-10H;1-6H;1-4H,7-8H2;14*1-2H3. The van der Waals surface area contributed by atoms with Gasteiger partial charge in [-0.05, 0) is 52.6 Å². The number of carbonyl (C=O) groups is 2. The molecule has 0 fully saturated rings. The van der Waals surface area contributed by atoms with Crippen LogP contribution < -0.4 is 11.5 Å². The summed E-state index contributed by atoms with van der Waals surface area (Å²) in [5, 5.41) is 6.83. The molecule has 0 radical (unpaired) electrons. The summed E-state index contributed by atoms with van der Waals surface area (Å²) in [4.78, 5) is 42.4. The lowest BCUT2D eigenvalue weighted by Gasteiger charge is -2.02. The Morgan fingerprint density at radius 1 is 0.211 bits per heavy atom. The van der Waals surface area contributed by atoms with Crippen LogP contribution in [-0.4, -0.2) is 31.5 Å². The first-order valence-corrected chi connectivity index (χ1v) is 34.2. The van der Waals surface area contributed by atoms with E-state index in [1.165, 1.54) is 43.8 Å². The van der Waals surface area contributed by atoms with Crippen molar-refractivity contribution in [2.45, 2.75) is 194 Å². The quantitative estimate of drug-likeness (QED) is 0.113. The van der Waals surface area contributed by atoms with E-state index in [1.807, 2.05) is 267 Å². The number of para-hydroxylation sites is 6. The molecule has 0 atom stereocenters. The maximum atomic E-state index is 11.5. The number of nitrogen functional groups attached to an aromatic ring is 2. The van der Waals surface area contributed by atoms with Gasteiger partial charge in [-0.3, -0.25) is 9.59 Å². The highest BCUT2D eigenvalue weighted by atomic mass is 16.2. The maximum absolute atomic E-state index is 11.5. The fourth-order valence-corrected chi connectivity index (χ4v) is 8.70. The summed E-state index contributed by atoms with van der Waals surface area (Å²) in [5.41, 5.74) is 25.8. The van der Waals surface area contributed by atoms with Gasteiger partial charge in [-0.15, -0.1) is 0 Å². The first-order chi connectivity index (χ1) is 44.4. The number of aromatic nitrogens is 4. The minimum atomic E-state index is -0.378. The highest BCUT2D eigenvalue weighted by Gasteiger charge is 2.30. The van der Waals surface area contributed by atoms with E-state index in [9.17, 15) is 9.59 Å². The van der Waals surface area contributed by atoms with Crippen LogP contribution in [0.1, 0.15) is 215 Å². The van der Waals surface area contributed by atoms with Crippen LogP contribution in [0, 0.1) is 0 Å². The molecule has 2 aromatic heterocycles. The van der Waals surface area contributed by atoms with Crippen molar-refractivity contribution in [3.63, 3.8) is 0 Å². The van der Waals surface area contributed by atoms with Gasteiger partial charge in [-0.25, -0.2) is 19.9 Å². The topological polar surface area (TPSA) is 138 Å². The van der Waals surface area contributed by atoms with Crippen LogP contribution in [0.4, 0.5) is 11.4 Å². The number of nitrogens with two attached hydrogens (primary N) is 2. The summed E-state index contributed by atoms with van der Waals surface area (Å²) in [5.74, 6) is -0.756. The van der Waals surface area contributed by atoms with Gasteiger partial charge in [0.25, 0.3) is 0 Å². The second-order valence-corrected chi connectivity index (χ2v) is 15.2. The summed E-state index contributed by atoms with van der Waals surface area (Å²) in [6.45, 7) is 56.0. The predicted octanol–water partition coefficient (Wildman–Crippen LogP) is 26.3. The molecule has 0 aliphatic heterocycles. The van der Waals surface area contributed by atoms with Crippen molar-refractivity contribution in [2.24, 2.45) is 0 Å². The molecule has 0 unspecified atom stereocenters. The molecular weight excluding hydrogens is 1100 g/mol. The van der Waals surface area contributed by atoms with Crippen LogP contribution >= 0.6 is 0 Å². The van der Waals surface area contributed by atoms with Crippen molar-refractivity contribution in [1.82, 2.24) is 19.9 Å². The molecule has 9 aromatic carbocycles. The number of nitrogens with zero attached hydrogens (tertiary/aromatic N) is 4. The number of fused-ring (bicyclic) bond motifs is 8. The third-order valence-corrected chi connectivity index (χ3v) is 11.6. The van der Waals surface area contributed by atoms with Crippen LogP contribution in [0.15, 0.2) is 182 Å². The molecule has 8 nitrogen and oxygen atoms in total. The number of ketones is 2. The SMILES string of the molecule is CC.CC.CC.CC.CC.CC.CC.CC.CC.CC.CC.CC.CC.CC.Nc1ccccc1N.O=C1C(=O)c2cccc3cccc1c23.c1cc2c3c(cccc3c1)-c1nc3ccccc3nc1-2.c1cc2c3c(cccc3c1)-c1nc3ccccc3nc1-2. The van der Waals surface area contributed by atoms with Crippen LogP contribution in [0.3, 0.4) is 0 Å². The first-order valence-electron chi connectivity index (χ1n) is 34.2. The predicted molar refractivity (Wildman–Crippen MR) is 410 cm³/mol. The molecule has 11 aromatic rings. The molecule has 2 heterocycles. The minimum absolute atomic E-state index is 0.378. The molecule has 0 amide bonds. The second kappa shape index (κ2) is 53.4. The zero-order chi connectivity index (χ0) is 69.9. The molecular formula is C82H118N6O2. The minimum Gasteiger partial charge on any atom is -0.397 e. The lowest BCUT2D eigenvalue weighted by Crippen LogP contribution is -2.05. The highest BCUT2D eigenvalue weighted by Crippen LogP contribution is 2.47. The highest BCUT2D eigenvalue weighted by molar-refractivity contribution is 6.57. The Morgan fingerprint density at radius 3 is 0.567 bits per heavy atom. The first kappa shape index (κ1) is 87.8. The number of anilines is 2. The molecule has 0 saturated carbocycles. The van der Waals surface area contributed by atoms with Crippen molar-refractivity contribution in [3.05, 3.63) is 193 Å². The summed E-state index contributed by atoms with van der Waals surface area (Å²) in [6, 6.07) is 59.7. The Bertz CT molecular complexity index is 3290. The summed E-state index contributed by atoms with van der Waals surface area (Å²) < 4.78 is 0. The number of hydrogen-bond donors (Lipinski definition) is 2. The van der Waals surface area contributed by atoms with Gasteiger partial charge in [0, 0.05) is 49.5 Å². The average molecular weight is 1220 g/mol. The summed E-state index contributed by atoms with van der Waals surface area (Å²) in [6.07, 6.45) is 0. The van der Waals surface area contributed by atoms with E-state index in [1.54, 1.807) is 36.4 Å². The van der Waals surface area contributed by atoms with Gasteiger partial charge in [-0.2, -0.15) is 0 Å². The van der Waals surface area contributed by atoms with E-state index in [0.29, 0.717) is 22.5 Å². The number of benzene rings is 9. The van der Waals surface area contributed by atoms with Gasteiger partial charge in [0.05, 0.1) is 56.2 Å². The van der Waals surface area contributed by atoms with E-state index in [2.05, 4.69) is 72.8 Å². The molecule has 0 bridgehead atoms. The smallest absolute Gasteiger partial charge is 0.234 e. The Labute approximate surface area is 547 Å². The van der Waals surface area contributed by atoms with Crippen molar-refractivity contribution >= 4 is 77.3 Å². The van der Waals surface area contributed by atoms with Gasteiger partial charge in [0.2, 0.25) is 11.6 Å². The lowest BCUT2D eigenvalue weighted by atomic mass is 10.0. The third kappa shape index (κ3) is 22.1. The fraction of sp³-hybridized carbons (Fsp3) is 0.341.